The Morgan fingerprint density at radius 3 is 2.86 bits per heavy atom. The van der Waals surface area contributed by atoms with Crippen molar-refractivity contribution in [1.82, 2.24) is 10.2 Å². The average Bonchev–Trinajstić information content (AvgIpc) is 2.91. The third-order valence-corrected chi connectivity index (χ3v) is 4.93. The largest absolute Gasteiger partial charge is 0.312 e. The van der Waals surface area contributed by atoms with Gasteiger partial charge in [-0.25, -0.2) is 0 Å². The summed E-state index contributed by atoms with van der Waals surface area (Å²) in [5.41, 5.74) is 1.20. The fourth-order valence-corrected chi connectivity index (χ4v) is 3.26. The van der Waals surface area contributed by atoms with Gasteiger partial charge in [-0.3, -0.25) is 0 Å². The van der Waals surface area contributed by atoms with Gasteiger partial charge in [0.25, 0.3) is 0 Å². The van der Waals surface area contributed by atoms with E-state index in [1.54, 1.807) is 0 Å². The Morgan fingerprint density at radius 1 is 1.24 bits per heavy atom. The number of halogens is 2. The van der Waals surface area contributed by atoms with Crippen LogP contribution in [0.4, 0.5) is 0 Å². The van der Waals surface area contributed by atoms with Gasteiger partial charge in [-0.15, -0.1) is 0 Å². The van der Waals surface area contributed by atoms with Gasteiger partial charge in [-0.05, 0) is 56.1 Å². The third-order valence-electron chi connectivity index (χ3n) is 4.19. The van der Waals surface area contributed by atoms with E-state index in [1.165, 1.54) is 50.9 Å². The lowest BCUT2D eigenvalue weighted by molar-refractivity contribution is 0.313. The number of benzene rings is 1. The zero-order valence-electron chi connectivity index (χ0n) is 12.9. The lowest BCUT2D eigenvalue weighted by Crippen LogP contribution is -2.26. The Morgan fingerprint density at radius 2 is 2.10 bits per heavy atom. The van der Waals surface area contributed by atoms with Gasteiger partial charge < -0.3 is 10.2 Å². The zero-order chi connectivity index (χ0) is 15.1. The van der Waals surface area contributed by atoms with Crippen LogP contribution in [0.3, 0.4) is 0 Å². The number of hydrogen-bond acceptors (Lipinski definition) is 2. The number of hydrogen-bond donors (Lipinski definition) is 1. The second-order valence-electron chi connectivity index (χ2n) is 6.04. The molecule has 1 unspecified atom stereocenters. The van der Waals surface area contributed by atoms with E-state index in [-0.39, 0.29) is 0 Å². The summed E-state index contributed by atoms with van der Waals surface area (Å²) in [6.45, 7) is 8.01. The maximum Gasteiger partial charge on any atom is 0.0595 e. The first-order valence-electron chi connectivity index (χ1n) is 8.06. The summed E-state index contributed by atoms with van der Waals surface area (Å²) < 4.78 is 0. The molecule has 1 atom stereocenters. The van der Waals surface area contributed by atoms with Crippen LogP contribution < -0.4 is 5.32 Å². The molecule has 1 aromatic carbocycles. The monoisotopic (exact) mass is 328 g/mol. The van der Waals surface area contributed by atoms with Crippen LogP contribution in [0, 0.1) is 5.92 Å². The minimum absolute atomic E-state index is 0.624. The molecule has 1 aliphatic heterocycles. The topological polar surface area (TPSA) is 15.3 Å². The molecule has 0 saturated carbocycles. The fraction of sp³-hybridized carbons (Fsp3) is 0.647. The molecule has 4 heteroatoms. The molecule has 0 radical (unpaired) electrons. The molecule has 1 heterocycles. The quantitative estimate of drug-likeness (QED) is 0.702. The highest BCUT2D eigenvalue weighted by atomic mass is 35.5. The summed E-state index contributed by atoms with van der Waals surface area (Å²) in [6, 6.07) is 5.85. The maximum atomic E-state index is 6.03. The van der Waals surface area contributed by atoms with E-state index in [2.05, 4.69) is 17.1 Å². The van der Waals surface area contributed by atoms with E-state index in [1.807, 2.05) is 18.2 Å². The standard InChI is InChI=1S/C17H26Cl2N2/c1-2-3-4-8-21-9-7-15(13-21)12-20-11-14-5-6-16(18)17(19)10-14/h5-6,10,15,20H,2-4,7-9,11-13H2,1H3. The highest BCUT2D eigenvalue weighted by Crippen LogP contribution is 2.22. The zero-order valence-corrected chi connectivity index (χ0v) is 14.4. The smallest absolute Gasteiger partial charge is 0.0595 e. The normalized spacial score (nSPS) is 19.3. The summed E-state index contributed by atoms with van der Waals surface area (Å²) in [4.78, 5) is 2.61. The second kappa shape index (κ2) is 8.99. The van der Waals surface area contributed by atoms with Crippen molar-refractivity contribution in [2.24, 2.45) is 5.92 Å². The van der Waals surface area contributed by atoms with Crippen molar-refractivity contribution in [3.05, 3.63) is 33.8 Å². The van der Waals surface area contributed by atoms with Crippen molar-refractivity contribution in [3.63, 3.8) is 0 Å². The maximum absolute atomic E-state index is 6.03. The number of rotatable bonds is 8. The number of likely N-dealkylation sites (tertiary alicyclic amines) is 1. The van der Waals surface area contributed by atoms with Crippen molar-refractivity contribution >= 4 is 23.2 Å². The van der Waals surface area contributed by atoms with Crippen molar-refractivity contribution in [2.75, 3.05) is 26.2 Å². The van der Waals surface area contributed by atoms with Crippen LogP contribution in [-0.4, -0.2) is 31.1 Å². The Balaban J connectivity index is 1.64. The predicted molar refractivity (Wildman–Crippen MR) is 92.2 cm³/mol. The Kier molecular flexibility index (Phi) is 7.31. The first-order chi connectivity index (χ1) is 10.2. The van der Waals surface area contributed by atoms with E-state index in [0.29, 0.717) is 10.0 Å². The molecule has 0 spiro atoms. The number of nitrogens with zero attached hydrogens (tertiary/aromatic N) is 1. The number of unbranched alkanes of at least 4 members (excludes halogenated alkanes) is 2. The molecule has 0 amide bonds. The molecular formula is C17H26Cl2N2. The van der Waals surface area contributed by atoms with Crippen LogP contribution >= 0.6 is 23.2 Å². The van der Waals surface area contributed by atoms with Crippen molar-refractivity contribution in [1.29, 1.82) is 0 Å². The summed E-state index contributed by atoms with van der Waals surface area (Å²) in [6.07, 6.45) is 5.33. The molecule has 0 aliphatic carbocycles. The van der Waals surface area contributed by atoms with Gasteiger partial charge in [0.2, 0.25) is 0 Å². The van der Waals surface area contributed by atoms with Crippen molar-refractivity contribution in [2.45, 2.75) is 39.2 Å². The molecule has 1 fully saturated rings. The molecule has 1 saturated heterocycles. The van der Waals surface area contributed by atoms with Crippen molar-refractivity contribution < 1.29 is 0 Å². The van der Waals surface area contributed by atoms with Crippen molar-refractivity contribution in [3.8, 4) is 0 Å². The summed E-state index contributed by atoms with van der Waals surface area (Å²) >= 11 is 12.0. The van der Waals surface area contributed by atoms with Gasteiger partial charge >= 0.3 is 0 Å². The summed E-state index contributed by atoms with van der Waals surface area (Å²) in [7, 11) is 0. The predicted octanol–water partition coefficient (Wildman–Crippen LogP) is 4.60. The molecule has 1 aromatic rings. The van der Waals surface area contributed by atoms with Gasteiger partial charge in [-0.2, -0.15) is 0 Å². The van der Waals surface area contributed by atoms with Crippen LogP contribution in [0.2, 0.25) is 10.0 Å². The highest BCUT2D eigenvalue weighted by molar-refractivity contribution is 6.42. The molecule has 0 bridgehead atoms. The van der Waals surface area contributed by atoms with E-state index < -0.39 is 0 Å². The Hall–Kier alpha value is -0.280. The van der Waals surface area contributed by atoms with Crippen LogP contribution in [-0.2, 0) is 6.54 Å². The minimum atomic E-state index is 0.624. The first-order valence-corrected chi connectivity index (χ1v) is 8.81. The Bertz CT molecular complexity index is 437. The van der Waals surface area contributed by atoms with E-state index in [9.17, 15) is 0 Å². The lowest BCUT2D eigenvalue weighted by atomic mass is 10.1. The van der Waals surface area contributed by atoms with E-state index in [4.69, 9.17) is 23.2 Å². The molecule has 118 valence electrons. The van der Waals surface area contributed by atoms with Gasteiger partial charge in [-0.1, -0.05) is 49.0 Å². The fourth-order valence-electron chi connectivity index (χ4n) is 2.94. The molecule has 2 nitrogen and oxygen atoms in total. The van der Waals surface area contributed by atoms with Gasteiger partial charge in [0.15, 0.2) is 0 Å². The molecular weight excluding hydrogens is 303 g/mol. The van der Waals surface area contributed by atoms with Crippen LogP contribution in [0.1, 0.15) is 38.2 Å². The highest BCUT2D eigenvalue weighted by Gasteiger charge is 2.21. The lowest BCUT2D eigenvalue weighted by Gasteiger charge is -2.16. The summed E-state index contributed by atoms with van der Waals surface area (Å²) in [5.74, 6) is 0.786. The van der Waals surface area contributed by atoms with Crippen LogP contribution in [0.15, 0.2) is 18.2 Å². The van der Waals surface area contributed by atoms with Crippen LogP contribution in [0.25, 0.3) is 0 Å². The summed E-state index contributed by atoms with van der Waals surface area (Å²) in [5, 5.41) is 4.81. The van der Waals surface area contributed by atoms with Crippen LogP contribution in [0.5, 0.6) is 0 Å². The second-order valence-corrected chi connectivity index (χ2v) is 6.86. The molecule has 0 aromatic heterocycles. The molecule has 1 N–H and O–H groups in total. The molecule has 1 aliphatic rings. The first kappa shape index (κ1) is 17.1. The Labute approximate surface area is 138 Å². The van der Waals surface area contributed by atoms with Gasteiger partial charge in [0, 0.05) is 13.1 Å². The van der Waals surface area contributed by atoms with Gasteiger partial charge in [0.1, 0.15) is 0 Å². The minimum Gasteiger partial charge on any atom is -0.312 e. The molecule has 21 heavy (non-hydrogen) atoms. The van der Waals surface area contributed by atoms with E-state index >= 15 is 0 Å². The third kappa shape index (κ3) is 5.78. The van der Waals surface area contributed by atoms with Gasteiger partial charge in [0.05, 0.1) is 10.0 Å². The van der Waals surface area contributed by atoms with E-state index in [0.717, 1.165) is 19.0 Å². The SMILES string of the molecule is CCCCCN1CCC(CNCc2ccc(Cl)c(Cl)c2)C1. The average molecular weight is 329 g/mol. The molecule has 2 rings (SSSR count). The number of nitrogens with one attached hydrogen (secondary N) is 1.